The highest BCUT2D eigenvalue weighted by atomic mass is 15.0. The van der Waals surface area contributed by atoms with Crippen LogP contribution in [0.4, 0.5) is 0 Å². The van der Waals surface area contributed by atoms with E-state index in [0.29, 0.717) is 107 Å². The molecule has 0 spiro atoms. The highest BCUT2D eigenvalue weighted by Gasteiger charge is 2.17. The molecule has 14 rings (SSSR count). The number of benzene rings is 6. The molecule has 1 N–H and O–H groups in total. The smallest absolute Gasteiger partial charge is 0.210 e. The van der Waals surface area contributed by atoms with Gasteiger partial charge in [0.05, 0.1) is 11.4 Å². The molecule has 3 aliphatic heterocycles. The van der Waals surface area contributed by atoms with Crippen LogP contribution in [0.25, 0.3) is 66.2 Å². The lowest BCUT2D eigenvalue weighted by Crippen LogP contribution is -1.91. The van der Waals surface area contributed by atoms with E-state index in [4.69, 9.17) is 9.98 Å². The van der Waals surface area contributed by atoms with E-state index in [1.54, 1.807) is 83.1 Å². The van der Waals surface area contributed by atoms with Crippen LogP contribution in [0.3, 0.4) is 0 Å². The molecule has 5 aromatic heterocycles. The Labute approximate surface area is 752 Å². The maximum atomic E-state index is 4.82. The average Bonchev–Trinajstić information content (AvgIpc) is 1.39. The summed E-state index contributed by atoms with van der Waals surface area (Å²) in [6, 6.07) is 71.0. The number of rotatable bonds is 0. The Hall–Kier alpha value is -20.2. The molecule has 24 bridgehead atoms. The third-order valence-electron chi connectivity index (χ3n) is 17.0. The van der Waals surface area contributed by atoms with Gasteiger partial charge in [-0.1, -0.05) is 149 Å². The number of nitrogens with zero attached hydrogens (tertiary/aromatic N) is 12. The number of aromatic nitrogens is 11. The summed E-state index contributed by atoms with van der Waals surface area (Å²) in [5.74, 6) is 112. The zero-order valence-electron chi connectivity index (χ0n) is 71.7. The Bertz CT molecular complexity index is 7640. The van der Waals surface area contributed by atoms with Crippen LogP contribution in [-0.4, -0.2) is 66.2 Å². The molecular weight excluding hydrogens is 1580 g/mol. The summed E-state index contributed by atoms with van der Waals surface area (Å²) >= 11 is 0. The molecule has 0 atom stereocenters. The normalized spacial score (nSPS) is 10.4. The summed E-state index contributed by atoms with van der Waals surface area (Å²) in [6.07, 6.45) is 0.908. The summed E-state index contributed by atoms with van der Waals surface area (Å²) in [4.78, 5) is 57.8. The number of hydrogen-bond donors (Lipinski definition) is 1. The molecule has 0 unspecified atom stereocenters. The third kappa shape index (κ3) is 25.0. The first-order valence-corrected chi connectivity index (χ1v) is 39.4. The van der Waals surface area contributed by atoms with Crippen LogP contribution in [0.2, 0.25) is 0 Å². The molecule has 11 aromatic rings. The number of nitrogens with one attached hydrogen (secondary N) is 1. The van der Waals surface area contributed by atoms with E-state index in [2.05, 4.69) is 341 Å². The first-order chi connectivity index (χ1) is 63.1. The Morgan fingerprint density at radius 2 is 0.543 bits per heavy atom. The number of aliphatic imine (C=N–C) groups is 2. The molecular formula is C116H59N13. The van der Waals surface area contributed by atoms with E-state index in [-0.39, 0.29) is 51.4 Å². The minimum absolute atomic E-state index is 0.168. The van der Waals surface area contributed by atoms with Crippen LogP contribution in [0.15, 0.2) is 142 Å². The topological polar surface area (TPSA) is 169 Å². The predicted octanol–water partition coefficient (Wildman–Crippen LogP) is 16.1. The molecule has 8 heterocycles. The number of H-pyrrole nitrogens is 1. The van der Waals surface area contributed by atoms with Gasteiger partial charge in [-0.2, -0.15) is 44.9 Å². The minimum Gasteiger partial charge on any atom is -0.324 e. The van der Waals surface area contributed by atoms with Crippen molar-refractivity contribution in [2.24, 2.45) is 9.98 Å². The van der Waals surface area contributed by atoms with Crippen LogP contribution < -0.4 is 0 Å². The fraction of sp³-hybridized carbons (Fsp3) is 0.121. The number of aromatic amines is 1. The minimum atomic E-state index is 0.168. The van der Waals surface area contributed by atoms with Crippen molar-refractivity contribution in [3.8, 4) is 213 Å². The van der Waals surface area contributed by atoms with Gasteiger partial charge >= 0.3 is 0 Å². The van der Waals surface area contributed by atoms with Gasteiger partial charge < -0.3 is 4.98 Å². The average molecular weight is 1630 g/mol. The van der Waals surface area contributed by atoms with Crippen LogP contribution in [0, 0.1) is 286 Å². The van der Waals surface area contributed by atoms with Gasteiger partial charge in [-0.15, -0.1) is 41.4 Å². The van der Waals surface area contributed by atoms with Crippen molar-refractivity contribution in [2.75, 3.05) is 0 Å². The Morgan fingerprint density at radius 3 is 0.884 bits per heavy atom. The van der Waals surface area contributed by atoms with Crippen molar-refractivity contribution in [1.82, 2.24) is 54.8 Å². The molecule has 0 aliphatic carbocycles. The zero-order valence-corrected chi connectivity index (χ0v) is 71.7. The van der Waals surface area contributed by atoms with Gasteiger partial charge in [0, 0.05) is 123 Å². The number of fused-ring (bicyclic) bond motifs is 23. The van der Waals surface area contributed by atoms with Crippen molar-refractivity contribution in [1.29, 1.82) is 0 Å². The first-order valence-electron chi connectivity index (χ1n) is 39.4. The molecule has 129 heavy (non-hydrogen) atoms. The fourth-order valence-electron chi connectivity index (χ4n) is 12.0. The van der Waals surface area contributed by atoms with E-state index in [9.17, 15) is 0 Å². The predicted molar refractivity (Wildman–Crippen MR) is 505 cm³/mol. The second kappa shape index (κ2) is 43.2. The van der Waals surface area contributed by atoms with E-state index < -0.39 is 0 Å². The van der Waals surface area contributed by atoms with Crippen LogP contribution in [0.1, 0.15) is 197 Å². The lowest BCUT2D eigenvalue weighted by atomic mass is 10.0. The van der Waals surface area contributed by atoms with Crippen molar-refractivity contribution in [3.05, 3.63) is 306 Å². The van der Waals surface area contributed by atoms with Gasteiger partial charge in [-0.05, 0) is 288 Å². The Kier molecular flexibility index (Phi) is 29.0. The van der Waals surface area contributed by atoms with Gasteiger partial charge in [0.1, 0.15) is 22.8 Å². The summed E-state index contributed by atoms with van der Waals surface area (Å²) < 4.78 is 0. The summed E-state index contributed by atoms with van der Waals surface area (Å²) in [5, 5.41) is 3.66. The Balaban J connectivity index is 0.000000220. The second-order valence-electron chi connectivity index (χ2n) is 26.6. The van der Waals surface area contributed by atoms with Gasteiger partial charge in [0.2, 0.25) is 51.4 Å². The highest BCUT2D eigenvalue weighted by Crippen LogP contribution is 2.23. The molecule has 0 saturated heterocycles. The van der Waals surface area contributed by atoms with Crippen LogP contribution in [-0.2, 0) is 0 Å². The molecule has 3 aliphatic rings. The largest absolute Gasteiger partial charge is 0.324 e. The molecule has 0 radical (unpaired) electrons. The molecule has 13 nitrogen and oxygen atoms in total. The van der Waals surface area contributed by atoms with Crippen LogP contribution in [0.5, 0.6) is 0 Å². The van der Waals surface area contributed by atoms with E-state index in [1.165, 1.54) is 0 Å². The molecule has 0 saturated carbocycles. The lowest BCUT2D eigenvalue weighted by molar-refractivity contribution is 1.13. The third-order valence-corrected chi connectivity index (χ3v) is 17.0. The summed E-state index contributed by atoms with van der Waals surface area (Å²) in [6.45, 7) is 21.0. The quantitative estimate of drug-likeness (QED) is 0.144. The van der Waals surface area contributed by atoms with E-state index in [1.807, 2.05) is 109 Å². The van der Waals surface area contributed by atoms with Gasteiger partial charge in [0.25, 0.3) is 0 Å². The second-order valence-corrected chi connectivity index (χ2v) is 26.6. The zero-order chi connectivity index (χ0) is 90.1. The van der Waals surface area contributed by atoms with Gasteiger partial charge in [0.15, 0.2) is 5.82 Å². The number of imidazole rings is 1. The summed E-state index contributed by atoms with van der Waals surface area (Å²) in [7, 11) is 0. The van der Waals surface area contributed by atoms with Gasteiger partial charge in [-0.3, -0.25) is 0 Å². The maximum Gasteiger partial charge on any atom is 0.210 e. The molecule has 0 fully saturated rings. The maximum absolute atomic E-state index is 4.82. The molecule has 588 valence electrons. The van der Waals surface area contributed by atoms with Crippen molar-refractivity contribution in [3.63, 3.8) is 0 Å². The number of allylic oxidation sites excluding steroid dienone is 4. The highest BCUT2D eigenvalue weighted by molar-refractivity contribution is 6.06. The first kappa shape index (κ1) is 86.7. The number of hydrogen-bond acceptors (Lipinski definition) is 12. The standard InChI is InChI=1S/C59H32N4.C57H27N9/c1-7-13-42-31-45-19-25-52-41-54(60-55(52)17-11-5)27-21-47-33-44(15-9-3)36-50(39-47)24-30-59-62-57(18-12-6)58(63-59)29-23-49-35-43(14-8-2)32-46(38-49)20-26-53-40-51(16-10-4)56(61-53)28-22-48(34-42)37-45;1-7-13-40-31-43-19-25-52-58-49(16-10-4)60-54(64-52)27-21-45-33-41(14-8-2)35-47(38-45)23-29-56-62-51(18-12-6)63-57(66-56)30-24-48-36-42(15-9-3)34-46(39-48)22-28-55-61-50(17-11-5)59-53(65-55)26-20-44(32-40)37-43/h31-39H,40-41H2,1-6H3,(H,62,63);31-39H,1-6H3. The fourth-order valence-corrected chi connectivity index (χ4v) is 12.0. The van der Waals surface area contributed by atoms with Crippen molar-refractivity contribution in [2.45, 2.75) is 95.9 Å². The van der Waals surface area contributed by atoms with E-state index in [0.717, 1.165) is 55.7 Å². The molecule has 0 amide bonds. The summed E-state index contributed by atoms with van der Waals surface area (Å²) in [5.41, 5.74) is 15.0. The SMILES string of the molecule is CC#CC1=C2C#Cc3cc(C#CC)cc(c3)C#CC3=C(C#CC)N=C(C#Cc4cc(C#CC)cc(c4)C#Cc4nc(C#CC)c([nH]4)C#Cc4cc(C#CC)cc(c4)C#CC(=N2)C1)C3.CC#Cc1cc2c#cc3nc(C#CC)nc(c#cc4cc(C#CC)cc(c#cc5nc(C#CC)nc(c#cc6cc(C#CC)cc(c#cc7nc(C#CC)nc(c#cc(c1)c2)n7)c6)n5)c4)n3. The van der Waals surface area contributed by atoms with Crippen molar-refractivity contribution >= 4 is 77.6 Å². The van der Waals surface area contributed by atoms with Crippen molar-refractivity contribution < 1.29 is 0 Å². The lowest BCUT2D eigenvalue weighted by Gasteiger charge is -1.98. The molecule has 6 aromatic carbocycles. The Morgan fingerprint density at radius 1 is 0.240 bits per heavy atom. The van der Waals surface area contributed by atoms with Crippen LogP contribution >= 0.6 is 0 Å². The van der Waals surface area contributed by atoms with E-state index >= 15 is 0 Å². The van der Waals surface area contributed by atoms with Gasteiger partial charge in [-0.25, -0.2) is 15.0 Å². The molecule has 13 heteroatoms. The monoisotopic (exact) mass is 1630 g/mol.